The lowest BCUT2D eigenvalue weighted by Gasteiger charge is -2.43. The molecule has 0 unspecified atom stereocenters. The fourth-order valence-corrected chi connectivity index (χ4v) is 5.80. The third kappa shape index (κ3) is 4.85. The minimum absolute atomic E-state index is 0.103. The second-order valence-electron chi connectivity index (χ2n) is 10.4. The van der Waals surface area contributed by atoms with Crippen molar-refractivity contribution in [3.05, 3.63) is 89.9 Å². The summed E-state index contributed by atoms with van der Waals surface area (Å²) in [7, 11) is 0. The van der Waals surface area contributed by atoms with E-state index in [1.165, 1.54) is 47.1 Å². The Balaban J connectivity index is 1.27. The van der Waals surface area contributed by atoms with Gasteiger partial charge in [-0.25, -0.2) is 0 Å². The summed E-state index contributed by atoms with van der Waals surface area (Å²) in [6.45, 7) is 4.54. The number of hydrogen-bond acceptors (Lipinski definition) is 4. The zero-order valence-electron chi connectivity index (χ0n) is 21.6. The molecule has 2 aliphatic rings. The van der Waals surface area contributed by atoms with Crippen molar-refractivity contribution >= 4 is 22.5 Å². The van der Waals surface area contributed by atoms with E-state index in [2.05, 4.69) is 68.9 Å². The maximum absolute atomic E-state index is 13.4. The number of rotatable bonds is 7. The summed E-state index contributed by atoms with van der Waals surface area (Å²) >= 11 is 0. The van der Waals surface area contributed by atoms with Gasteiger partial charge in [-0.2, -0.15) is 5.10 Å². The summed E-state index contributed by atoms with van der Waals surface area (Å²) < 4.78 is 2.29. The van der Waals surface area contributed by atoms with Gasteiger partial charge >= 0.3 is 0 Å². The second-order valence-corrected chi connectivity index (χ2v) is 10.4. The number of pyridine rings is 1. The molecule has 1 aliphatic carbocycles. The number of piperazine rings is 1. The Hall–Kier alpha value is -3.67. The largest absolute Gasteiger partial charge is 0.368 e. The summed E-state index contributed by atoms with van der Waals surface area (Å²) in [5.74, 6) is 0.158. The predicted octanol–water partition coefficient (Wildman–Crippen LogP) is 5.22. The fraction of sp³-hybridized carbons (Fsp3) is 0.387. The molecular formula is C31H35N5O. The summed E-state index contributed by atoms with van der Waals surface area (Å²) in [6, 6.07) is 23.8. The number of aryl methyl sites for hydroxylation is 1. The highest BCUT2D eigenvalue weighted by molar-refractivity contribution is 5.86. The molecule has 0 spiro atoms. The van der Waals surface area contributed by atoms with Gasteiger partial charge in [0.2, 0.25) is 5.91 Å². The number of benzene rings is 2. The zero-order valence-corrected chi connectivity index (χ0v) is 21.6. The maximum Gasteiger partial charge on any atom is 0.228 e. The Labute approximate surface area is 218 Å². The first-order valence-electron chi connectivity index (χ1n) is 13.7. The molecule has 4 aromatic rings. The Morgan fingerprint density at radius 3 is 2.57 bits per heavy atom. The number of aromatic nitrogens is 3. The summed E-state index contributed by atoms with van der Waals surface area (Å²) in [4.78, 5) is 22.4. The van der Waals surface area contributed by atoms with Gasteiger partial charge in [-0.05, 0) is 68.0 Å². The van der Waals surface area contributed by atoms with E-state index >= 15 is 0 Å². The van der Waals surface area contributed by atoms with E-state index in [-0.39, 0.29) is 11.9 Å². The second kappa shape index (κ2) is 10.4. The first-order valence-corrected chi connectivity index (χ1v) is 13.7. The molecular weight excluding hydrogens is 458 g/mol. The molecule has 2 aromatic heterocycles. The van der Waals surface area contributed by atoms with Crippen molar-refractivity contribution in [2.75, 3.05) is 24.5 Å². The van der Waals surface area contributed by atoms with Gasteiger partial charge in [0.25, 0.3) is 0 Å². The molecule has 6 nitrogen and oxygen atoms in total. The standard InChI is InChI=1S/C31H35N5O/c1-2-29-28-15-14-26(21-30(28)36(33-29)25-12-8-13-25)34-17-18-35(31(37)20-24-11-6-7-16-32-24)27(22-34)19-23-9-4-3-5-10-23/h3-7,9-11,14-16,21,25,27H,2,8,12-13,17-20,22H2,1H3/t27-/m0/s1. The van der Waals surface area contributed by atoms with E-state index in [4.69, 9.17) is 5.10 Å². The van der Waals surface area contributed by atoms with Crippen LogP contribution in [0.15, 0.2) is 72.9 Å². The van der Waals surface area contributed by atoms with Gasteiger partial charge in [0.15, 0.2) is 0 Å². The van der Waals surface area contributed by atoms with Crippen LogP contribution < -0.4 is 4.90 Å². The molecule has 2 fully saturated rings. The predicted molar refractivity (Wildman–Crippen MR) is 148 cm³/mol. The van der Waals surface area contributed by atoms with Crippen molar-refractivity contribution in [3.8, 4) is 0 Å². The van der Waals surface area contributed by atoms with Gasteiger partial charge in [0, 0.05) is 42.6 Å². The van der Waals surface area contributed by atoms with Gasteiger partial charge in [0.05, 0.1) is 29.7 Å². The maximum atomic E-state index is 13.4. The Kier molecular flexibility index (Phi) is 6.64. The van der Waals surface area contributed by atoms with Gasteiger partial charge in [-0.15, -0.1) is 0 Å². The minimum Gasteiger partial charge on any atom is -0.368 e. The Morgan fingerprint density at radius 1 is 1.00 bits per heavy atom. The SMILES string of the molecule is CCc1nn(C2CCC2)c2cc(N3CCN(C(=O)Cc4ccccn4)[C@@H](Cc4ccccc4)C3)ccc12. The molecule has 1 amide bonds. The summed E-state index contributed by atoms with van der Waals surface area (Å²) in [5, 5.41) is 6.28. The number of carbonyl (C=O) groups is 1. The Bertz CT molecular complexity index is 1360. The topological polar surface area (TPSA) is 54.3 Å². The molecule has 1 aliphatic heterocycles. The van der Waals surface area contributed by atoms with Crippen molar-refractivity contribution in [2.45, 2.75) is 57.5 Å². The summed E-state index contributed by atoms with van der Waals surface area (Å²) in [5.41, 5.74) is 5.77. The lowest BCUT2D eigenvalue weighted by Crippen LogP contribution is -2.56. The highest BCUT2D eigenvalue weighted by Gasteiger charge is 2.31. The first-order chi connectivity index (χ1) is 18.2. The van der Waals surface area contributed by atoms with Gasteiger partial charge < -0.3 is 9.80 Å². The van der Waals surface area contributed by atoms with Crippen LogP contribution in [0.3, 0.4) is 0 Å². The van der Waals surface area contributed by atoms with E-state index in [0.29, 0.717) is 19.0 Å². The number of hydrogen-bond donors (Lipinski definition) is 0. The lowest BCUT2D eigenvalue weighted by molar-refractivity contribution is -0.133. The molecule has 0 bridgehead atoms. The molecule has 1 atom stereocenters. The van der Waals surface area contributed by atoms with Crippen molar-refractivity contribution in [3.63, 3.8) is 0 Å². The highest BCUT2D eigenvalue weighted by atomic mass is 16.2. The molecule has 1 saturated heterocycles. The van der Waals surface area contributed by atoms with Crippen molar-refractivity contribution in [1.29, 1.82) is 0 Å². The van der Waals surface area contributed by atoms with Crippen LogP contribution in [0, 0.1) is 0 Å². The van der Waals surface area contributed by atoms with E-state index in [1.807, 2.05) is 24.3 Å². The smallest absolute Gasteiger partial charge is 0.228 e. The van der Waals surface area contributed by atoms with Crippen molar-refractivity contribution in [2.24, 2.45) is 0 Å². The quantitative estimate of drug-likeness (QED) is 0.354. The molecule has 0 radical (unpaired) electrons. The lowest BCUT2D eigenvalue weighted by atomic mass is 9.93. The van der Waals surface area contributed by atoms with Crippen LogP contribution in [0.25, 0.3) is 10.9 Å². The third-order valence-corrected chi connectivity index (χ3v) is 8.06. The monoisotopic (exact) mass is 493 g/mol. The normalized spacial score (nSPS) is 18.2. The highest BCUT2D eigenvalue weighted by Crippen LogP contribution is 2.36. The third-order valence-electron chi connectivity index (χ3n) is 8.06. The minimum atomic E-state index is 0.103. The van der Waals surface area contributed by atoms with Crippen LogP contribution in [-0.2, 0) is 24.1 Å². The van der Waals surface area contributed by atoms with Gasteiger partial charge in [-0.1, -0.05) is 43.3 Å². The van der Waals surface area contributed by atoms with Crippen LogP contribution in [0.2, 0.25) is 0 Å². The molecule has 3 heterocycles. The Morgan fingerprint density at radius 2 is 1.84 bits per heavy atom. The zero-order chi connectivity index (χ0) is 25.2. The fourth-order valence-electron chi connectivity index (χ4n) is 5.80. The van der Waals surface area contributed by atoms with Crippen LogP contribution >= 0.6 is 0 Å². The molecule has 1 saturated carbocycles. The van der Waals surface area contributed by atoms with E-state index < -0.39 is 0 Å². The van der Waals surface area contributed by atoms with Crippen LogP contribution in [0.1, 0.15) is 49.2 Å². The first kappa shape index (κ1) is 23.7. The number of amides is 1. The van der Waals surface area contributed by atoms with Crippen LogP contribution in [-0.4, -0.2) is 51.2 Å². The van der Waals surface area contributed by atoms with E-state index in [1.54, 1.807) is 6.20 Å². The molecule has 190 valence electrons. The van der Waals surface area contributed by atoms with Gasteiger partial charge in [0.1, 0.15) is 0 Å². The van der Waals surface area contributed by atoms with Crippen LogP contribution in [0.4, 0.5) is 5.69 Å². The van der Waals surface area contributed by atoms with E-state index in [0.717, 1.165) is 31.6 Å². The van der Waals surface area contributed by atoms with Crippen molar-refractivity contribution < 1.29 is 4.79 Å². The summed E-state index contributed by atoms with van der Waals surface area (Å²) in [6.07, 6.45) is 7.64. The number of carbonyl (C=O) groups excluding carboxylic acids is 1. The van der Waals surface area contributed by atoms with E-state index in [9.17, 15) is 4.79 Å². The molecule has 37 heavy (non-hydrogen) atoms. The molecule has 2 aromatic carbocycles. The van der Waals surface area contributed by atoms with Gasteiger partial charge in [-0.3, -0.25) is 14.5 Å². The number of nitrogens with zero attached hydrogens (tertiary/aromatic N) is 5. The molecule has 6 rings (SSSR count). The number of anilines is 1. The molecule has 0 N–H and O–H groups in total. The average Bonchev–Trinajstić information content (AvgIpc) is 3.26. The van der Waals surface area contributed by atoms with Crippen LogP contribution in [0.5, 0.6) is 0 Å². The molecule has 6 heteroatoms. The average molecular weight is 494 g/mol. The number of fused-ring (bicyclic) bond motifs is 1. The van der Waals surface area contributed by atoms with Crippen molar-refractivity contribution in [1.82, 2.24) is 19.7 Å².